The van der Waals surface area contributed by atoms with E-state index in [1.54, 1.807) is 0 Å². The maximum atomic E-state index is 6.03. The summed E-state index contributed by atoms with van der Waals surface area (Å²) in [5, 5.41) is 0. The standard InChI is InChI=1S/C16H16N4/c1-20(2)12-9-7-11(8-10-12)15-16(17)19-14-6-4-3-5-13(14)18-15/h3-10H,1-2H3,(H2,17,19). The molecule has 0 aliphatic heterocycles. The minimum absolute atomic E-state index is 0.460. The van der Waals surface area contributed by atoms with E-state index >= 15 is 0 Å². The predicted octanol–water partition coefficient (Wildman–Crippen LogP) is 2.95. The Labute approximate surface area is 117 Å². The van der Waals surface area contributed by atoms with Gasteiger partial charge in [-0.2, -0.15) is 0 Å². The van der Waals surface area contributed by atoms with Crippen LogP contribution in [0.25, 0.3) is 22.3 Å². The number of anilines is 2. The Kier molecular flexibility index (Phi) is 2.99. The van der Waals surface area contributed by atoms with Crippen LogP contribution in [-0.2, 0) is 0 Å². The van der Waals surface area contributed by atoms with Crippen LogP contribution in [0.15, 0.2) is 48.5 Å². The molecule has 2 aromatic carbocycles. The highest BCUT2D eigenvalue weighted by Gasteiger charge is 2.08. The van der Waals surface area contributed by atoms with E-state index in [4.69, 9.17) is 5.73 Å². The van der Waals surface area contributed by atoms with Gasteiger partial charge in [0.05, 0.1) is 11.0 Å². The summed E-state index contributed by atoms with van der Waals surface area (Å²) in [4.78, 5) is 11.1. The highest BCUT2D eigenvalue weighted by molar-refractivity contribution is 5.82. The van der Waals surface area contributed by atoms with Crippen LogP contribution >= 0.6 is 0 Å². The number of nitrogens with zero attached hydrogens (tertiary/aromatic N) is 3. The van der Waals surface area contributed by atoms with Crippen molar-refractivity contribution in [3.8, 4) is 11.3 Å². The van der Waals surface area contributed by atoms with E-state index in [1.807, 2.05) is 62.6 Å². The molecule has 0 bridgehead atoms. The van der Waals surface area contributed by atoms with Crippen molar-refractivity contribution >= 4 is 22.5 Å². The number of nitrogens with two attached hydrogens (primary N) is 1. The Morgan fingerprint density at radius 3 is 2.05 bits per heavy atom. The van der Waals surface area contributed by atoms with Crippen LogP contribution in [0.5, 0.6) is 0 Å². The number of fused-ring (bicyclic) bond motifs is 1. The van der Waals surface area contributed by atoms with Crippen molar-refractivity contribution in [2.24, 2.45) is 0 Å². The molecule has 1 heterocycles. The highest BCUT2D eigenvalue weighted by Crippen LogP contribution is 2.26. The van der Waals surface area contributed by atoms with E-state index in [2.05, 4.69) is 14.9 Å². The second-order valence-electron chi connectivity index (χ2n) is 4.89. The smallest absolute Gasteiger partial charge is 0.150 e. The lowest BCUT2D eigenvalue weighted by atomic mass is 10.1. The average molecular weight is 264 g/mol. The van der Waals surface area contributed by atoms with Crippen molar-refractivity contribution < 1.29 is 0 Å². The van der Waals surface area contributed by atoms with Gasteiger partial charge in [-0.05, 0) is 24.3 Å². The number of hydrogen-bond donors (Lipinski definition) is 1. The summed E-state index contributed by atoms with van der Waals surface area (Å²) in [6, 6.07) is 15.9. The van der Waals surface area contributed by atoms with Gasteiger partial charge in [-0.1, -0.05) is 24.3 Å². The van der Waals surface area contributed by atoms with Crippen molar-refractivity contribution in [2.45, 2.75) is 0 Å². The Hall–Kier alpha value is -2.62. The molecule has 0 spiro atoms. The molecule has 0 atom stereocenters. The first-order valence-electron chi connectivity index (χ1n) is 6.45. The molecule has 4 nitrogen and oxygen atoms in total. The number of para-hydroxylation sites is 2. The molecule has 20 heavy (non-hydrogen) atoms. The normalized spacial score (nSPS) is 10.7. The Morgan fingerprint density at radius 1 is 0.850 bits per heavy atom. The topological polar surface area (TPSA) is 55.0 Å². The third kappa shape index (κ3) is 2.16. The molecule has 0 unspecified atom stereocenters. The lowest BCUT2D eigenvalue weighted by Gasteiger charge is -2.13. The monoisotopic (exact) mass is 264 g/mol. The molecular formula is C16H16N4. The molecule has 2 N–H and O–H groups in total. The first-order valence-corrected chi connectivity index (χ1v) is 6.45. The Balaban J connectivity index is 2.11. The van der Waals surface area contributed by atoms with Crippen molar-refractivity contribution in [1.82, 2.24) is 9.97 Å². The van der Waals surface area contributed by atoms with Crippen LogP contribution in [0.4, 0.5) is 11.5 Å². The maximum absolute atomic E-state index is 6.03. The van der Waals surface area contributed by atoms with E-state index < -0.39 is 0 Å². The maximum Gasteiger partial charge on any atom is 0.150 e. The molecule has 0 saturated carbocycles. The van der Waals surface area contributed by atoms with Crippen molar-refractivity contribution in [3.63, 3.8) is 0 Å². The van der Waals surface area contributed by atoms with Gasteiger partial charge in [0.1, 0.15) is 5.69 Å². The van der Waals surface area contributed by atoms with Gasteiger partial charge in [0, 0.05) is 25.3 Å². The molecule has 4 heteroatoms. The van der Waals surface area contributed by atoms with Crippen LogP contribution in [0, 0.1) is 0 Å². The van der Waals surface area contributed by atoms with Gasteiger partial charge in [0.2, 0.25) is 0 Å². The van der Waals surface area contributed by atoms with Gasteiger partial charge in [-0.15, -0.1) is 0 Å². The zero-order chi connectivity index (χ0) is 14.1. The Bertz CT molecular complexity index is 748. The summed E-state index contributed by atoms with van der Waals surface area (Å²) in [7, 11) is 4.03. The lowest BCUT2D eigenvalue weighted by Crippen LogP contribution is -2.08. The summed E-state index contributed by atoms with van der Waals surface area (Å²) in [5.41, 5.74) is 10.6. The van der Waals surface area contributed by atoms with Crippen molar-refractivity contribution in [2.75, 3.05) is 24.7 Å². The number of benzene rings is 2. The summed E-state index contributed by atoms with van der Waals surface area (Å²) >= 11 is 0. The van der Waals surface area contributed by atoms with Gasteiger partial charge in [-0.3, -0.25) is 0 Å². The van der Waals surface area contributed by atoms with E-state index in [0.717, 1.165) is 28.0 Å². The zero-order valence-electron chi connectivity index (χ0n) is 11.5. The van der Waals surface area contributed by atoms with E-state index in [-0.39, 0.29) is 0 Å². The Morgan fingerprint density at radius 2 is 1.45 bits per heavy atom. The molecule has 0 saturated heterocycles. The van der Waals surface area contributed by atoms with Gasteiger partial charge < -0.3 is 10.6 Å². The van der Waals surface area contributed by atoms with Crippen molar-refractivity contribution in [3.05, 3.63) is 48.5 Å². The molecular weight excluding hydrogens is 248 g/mol. The number of nitrogen functional groups attached to an aromatic ring is 1. The summed E-state index contributed by atoms with van der Waals surface area (Å²) in [6.07, 6.45) is 0. The van der Waals surface area contributed by atoms with E-state index in [1.165, 1.54) is 0 Å². The molecule has 0 radical (unpaired) electrons. The molecule has 3 aromatic rings. The van der Waals surface area contributed by atoms with Crippen LogP contribution < -0.4 is 10.6 Å². The molecule has 100 valence electrons. The number of hydrogen-bond acceptors (Lipinski definition) is 4. The first kappa shape index (κ1) is 12.4. The summed E-state index contributed by atoms with van der Waals surface area (Å²) in [6.45, 7) is 0. The van der Waals surface area contributed by atoms with Crippen LogP contribution in [0.1, 0.15) is 0 Å². The highest BCUT2D eigenvalue weighted by atomic mass is 15.1. The van der Waals surface area contributed by atoms with Crippen LogP contribution in [0.3, 0.4) is 0 Å². The fraction of sp³-hybridized carbons (Fsp3) is 0.125. The second-order valence-corrected chi connectivity index (χ2v) is 4.89. The third-order valence-electron chi connectivity index (χ3n) is 3.25. The predicted molar refractivity (Wildman–Crippen MR) is 83.7 cm³/mol. The second kappa shape index (κ2) is 4.81. The quantitative estimate of drug-likeness (QED) is 0.773. The molecule has 1 aromatic heterocycles. The summed E-state index contributed by atoms with van der Waals surface area (Å²) in [5.74, 6) is 0.460. The average Bonchev–Trinajstić information content (AvgIpc) is 2.46. The molecule has 3 rings (SSSR count). The number of aromatic nitrogens is 2. The van der Waals surface area contributed by atoms with Crippen molar-refractivity contribution in [1.29, 1.82) is 0 Å². The first-order chi connectivity index (χ1) is 9.65. The fourth-order valence-electron chi connectivity index (χ4n) is 2.14. The molecule has 0 amide bonds. The molecule has 0 aliphatic carbocycles. The SMILES string of the molecule is CN(C)c1ccc(-c2nc3ccccc3nc2N)cc1. The fourth-order valence-corrected chi connectivity index (χ4v) is 2.14. The lowest BCUT2D eigenvalue weighted by molar-refractivity contribution is 1.13. The van der Waals surface area contributed by atoms with Gasteiger partial charge in [0.15, 0.2) is 5.82 Å². The number of rotatable bonds is 2. The minimum Gasteiger partial charge on any atom is -0.382 e. The molecule has 0 fully saturated rings. The van der Waals surface area contributed by atoms with Gasteiger partial charge >= 0.3 is 0 Å². The summed E-state index contributed by atoms with van der Waals surface area (Å²) < 4.78 is 0. The van der Waals surface area contributed by atoms with Crippen LogP contribution in [0.2, 0.25) is 0 Å². The minimum atomic E-state index is 0.460. The van der Waals surface area contributed by atoms with Gasteiger partial charge in [-0.25, -0.2) is 9.97 Å². The van der Waals surface area contributed by atoms with Gasteiger partial charge in [0.25, 0.3) is 0 Å². The van der Waals surface area contributed by atoms with E-state index in [0.29, 0.717) is 5.82 Å². The largest absolute Gasteiger partial charge is 0.382 e. The van der Waals surface area contributed by atoms with Crippen LogP contribution in [-0.4, -0.2) is 24.1 Å². The zero-order valence-corrected chi connectivity index (χ0v) is 11.5. The molecule has 0 aliphatic rings. The van der Waals surface area contributed by atoms with E-state index in [9.17, 15) is 0 Å². The third-order valence-corrected chi connectivity index (χ3v) is 3.25.